The minimum Gasteiger partial charge on any atom is -0.383 e. The molecule has 0 saturated heterocycles. The average Bonchev–Trinajstić information content (AvgIpc) is 2.16. The lowest BCUT2D eigenvalue weighted by Crippen LogP contribution is -2.11. The van der Waals surface area contributed by atoms with E-state index >= 15 is 0 Å². The Balaban J connectivity index is 2.74. The molecule has 1 atom stereocenters. The minimum absolute atomic E-state index is 0.319. The van der Waals surface area contributed by atoms with Crippen LogP contribution in [0, 0.1) is 5.82 Å². The van der Waals surface area contributed by atoms with E-state index in [1.807, 2.05) is 0 Å². The third-order valence-corrected chi connectivity index (χ3v) is 2.11. The van der Waals surface area contributed by atoms with Gasteiger partial charge in [0.05, 0.1) is 11.6 Å². The molecule has 15 heavy (non-hydrogen) atoms. The summed E-state index contributed by atoms with van der Waals surface area (Å²) in [5.41, 5.74) is 11.8. The van der Waals surface area contributed by atoms with E-state index < -0.39 is 0 Å². The molecule has 78 valence electrons. The van der Waals surface area contributed by atoms with Gasteiger partial charge >= 0.3 is 0 Å². The van der Waals surface area contributed by atoms with Crippen molar-refractivity contribution in [3.8, 4) is 0 Å². The summed E-state index contributed by atoms with van der Waals surface area (Å²) in [5, 5.41) is 0.640. The van der Waals surface area contributed by atoms with Crippen LogP contribution in [0.4, 0.5) is 10.2 Å². The van der Waals surface area contributed by atoms with E-state index in [-0.39, 0.29) is 11.9 Å². The summed E-state index contributed by atoms with van der Waals surface area (Å²) in [4.78, 5) is 8.19. The van der Waals surface area contributed by atoms with Crippen molar-refractivity contribution in [2.75, 3.05) is 5.73 Å². The van der Waals surface area contributed by atoms with Crippen LogP contribution in [0.25, 0.3) is 10.9 Å². The van der Waals surface area contributed by atoms with Crippen molar-refractivity contribution >= 4 is 16.7 Å². The van der Waals surface area contributed by atoms with Crippen LogP contribution >= 0.6 is 0 Å². The van der Waals surface area contributed by atoms with Gasteiger partial charge in [-0.25, -0.2) is 14.4 Å². The van der Waals surface area contributed by atoms with E-state index in [0.29, 0.717) is 22.5 Å². The van der Waals surface area contributed by atoms with Gasteiger partial charge in [-0.05, 0) is 19.1 Å². The summed E-state index contributed by atoms with van der Waals surface area (Å²) in [6, 6.07) is 3.89. The number of rotatable bonds is 1. The topological polar surface area (TPSA) is 77.8 Å². The summed E-state index contributed by atoms with van der Waals surface area (Å²) in [5.74, 6) is 0.397. The summed E-state index contributed by atoms with van der Waals surface area (Å²) in [7, 11) is 0. The fourth-order valence-corrected chi connectivity index (χ4v) is 1.35. The van der Waals surface area contributed by atoms with Crippen molar-refractivity contribution in [2.24, 2.45) is 5.73 Å². The zero-order valence-corrected chi connectivity index (χ0v) is 8.24. The Hall–Kier alpha value is -1.75. The number of hydrogen-bond acceptors (Lipinski definition) is 4. The lowest BCUT2D eigenvalue weighted by Gasteiger charge is -2.07. The van der Waals surface area contributed by atoms with Gasteiger partial charge < -0.3 is 11.5 Å². The van der Waals surface area contributed by atoms with Crippen molar-refractivity contribution in [2.45, 2.75) is 13.0 Å². The van der Waals surface area contributed by atoms with Crippen molar-refractivity contribution in [3.63, 3.8) is 0 Å². The van der Waals surface area contributed by atoms with Gasteiger partial charge in [0.15, 0.2) is 0 Å². The molecule has 0 amide bonds. The maximum atomic E-state index is 13.0. The van der Waals surface area contributed by atoms with E-state index in [2.05, 4.69) is 9.97 Å². The second-order valence-electron chi connectivity index (χ2n) is 3.42. The Morgan fingerprint density at radius 2 is 2.07 bits per heavy atom. The second kappa shape index (κ2) is 3.43. The van der Waals surface area contributed by atoms with Gasteiger partial charge in [0, 0.05) is 11.5 Å². The number of nitrogens with zero attached hydrogens (tertiary/aromatic N) is 2. The van der Waals surface area contributed by atoms with Crippen LogP contribution in [-0.4, -0.2) is 9.97 Å². The van der Waals surface area contributed by atoms with Crippen LogP contribution in [0.5, 0.6) is 0 Å². The Morgan fingerprint density at radius 1 is 1.33 bits per heavy atom. The molecule has 1 unspecified atom stereocenters. The van der Waals surface area contributed by atoms with Crippen LogP contribution in [0.15, 0.2) is 18.2 Å². The van der Waals surface area contributed by atoms with Gasteiger partial charge in [-0.15, -0.1) is 0 Å². The number of benzene rings is 1. The second-order valence-corrected chi connectivity index (χ2v) is 3.42. The molecule has 0 saturated carbocycles. The normalized spacial score (nSPS) is 13.0. The Kier molecular flexibility index (Phi) is 2.24. The van der Waals surface area contributed by atoms with Gasteiger partial charge in [-0.3, -0.25) is 0 Å². The number of halogens is 1. The molecule has 0 bridgehead atoms. The van der Waals surface area contributed by atoms with Crippen LogP contribution in [0.3, 0.4) is 0 Å². The highest BCUT2D eigenvalue weighted by Gasteiger charge is 2.08. The largest absolute Gasteiger partial charge is 0.383 e. The smallest absolute Gasteiger partial charge is 0.147 e. The molecule has 4 N–H and O–H groups in total. The quantitative estimate of drug-likeness (QED) is 0.738. The minimum atomic E-state index is -0.351. The summed E-state index contributed by atoms with van der Waals surface area (Å²) >= 11 is 0. The first-order valence-electron chi connectivity index (χ1n) is 4.56. The van der Waals surface area contributed by atoms with Crippen LogP contribution in [0.1, 0.15) is 18.8 Å². The summed E-state index contributed by atoms with van der Waals surface area (Å²) in [6.07, 6.45) is 0. The molecule has 1 aromatic carbocycles. The number of fused-ring (bicyclic) bond motifs is 1. The Morgan fingerprint density at radius 3 is 2.73 bits per heavy atom. The van der Waals surface area contributed by atoms with E-state index in [1.54, 1.807) is 13.0 Å². The Labute approximate surface area is 86.1 Å². The molecule has 1 aromatic heterocycles. The van der Waals surface area contributed by atoms with Gasteiger partial charge in [0.1, 0.15) is 17.5 Å². The van der Waals surface area contributed by atoms with Gasteiger partial charge in [-0.1, -0.05) is 0 Å². The molecule has 0 fully saturated rings. The SMILES string of the molecule is CC(N)c1nc(N)c2ccc(F)cc2n1. The average molecular weight is 206 g/mol. The first-order chi connectivity index (χ1) is 7.08. The zero-order chi connectivity index (χ0) is 11.0. The number of anilines is 1. The van der Waals surface area contributed by atoms with Crippen molar-refractivity contribution in [3.05, 3.63) is 29.8 Å². The molecular weight excluding hydrogens is 195 g/mol. The monoisotopic (exact) mass is 206 g/mol. The fourth-order valence-electron chi connectivity index (χ4n) is 1.35. The molecule has 0 radical (unpaired) electrons. The molecule has 0 aliphatic heterocycles. The molecule has 0 aliphatic carbocycles. The van der Waals surface area contributed by atoms with Crippen LogP contribution < -0.4 is 11.5 Å². The number of nitrogens with two attached hydrogens (primary N) is 2. The predicted molar refractivity (Wildman–Crippen MR) is 56.5 cm³/mol. The van der Waals surface area contributed by atoms with E-state index in [4.69, 9.17) is 11.5 Å². The van der Waals surface area contributed by atoms with Crippen LogP contribution in [-0.2, 0) is 0 Å². The third-order valence-electron chi connectivity index (χ3n) is 2.11. The molecule has 0 spiro atoms. The van der Waals surface area contributed by atoms with Crippen LogP contribution in [0.2, 0.25) is 0 Å². The molecule has 1 heterocycles. The Bertz CT molecular complexity index is 510. The molecule has 0 aliphatic rings. The zero-order valence-electron chi connectivity index (χ0n) is 8.24. The van der Waals surface area contributed by atoms with Gasteiger partial charge in [0.2, 0.25) is 0 Å². The van der Waals surface area contributed by atoms with Gasteiger partial charge in [0.25, 0.3) is 0 Å². The van der Waals surface area contributed by atoms with Crippen molar-refractivity contribution in [1.29, 1.82) is 0 Å². The number of hydrogen-bond donors (Lipinski definition) is 2. The standard InChI is InChI=1S/C10H11FN4/c1-5(12)10-14-8-4-6(11)2-3-7(8)9(13)15-10/h2-5H,12H2,1H3,(H2,13,14,15). The fraction of sp³-hybridized carbons (Fsp3) is 0.200. The first kappa shape index (κ1) is 9.79. The maximum Gasteiger partial charge on any atom is 0.147 e. The van der Waals surface area contributed by atoms with E-state index in [1.165, 1.54) is 12.1 Å². The van der Waals surface area contributed by atoms with E-state index in [9.17, 15) is 4.39 Å². The highest BCUT2D eigenvalue weighted by Crippen LogP contribution is 2.20. The third kappa shape index (κ3) is 1.73. The van der Waals surface area contributed by atoms with Crippen molar-refractivity contribution in [1.82, 2.24) is 9.97 Å². The molecule has 5 heteroatoms. The summed E-state index contributed by atoms with van der Waals surface area (Å²) in [6.45, 7) is 1.75. The molecule has 2 aromatic rings. The number of nitrogen functional groups attached to an aromatic ring is 1. The number of aromatic nitrogens is 2. The van der Waals surface area contributed by atoms with E-state index in [0.717, 1.165) is 0 Å². The summed E-state index contributed by atoms with van der Waals surface area (Å²) < 4.78 is 13.0. The predicted octanol–water partition coefficient (Wildman–Crippen LogP) is 1.37. The maximum absolute atomic E-state index is 13.0. The molecule has 4 nitrogen and oxygen atoms in total. The van der Waals surface area contributed by atoms with Crippen molar-refractivity contribution < 1.29 is 4.39 Å². The highest BCUT2D eigenvalue weighted by molar-refractivity contribution is 5.87. The molecular formula is C10H11FN4. The first-order valence-corrected chi connectivity index (χ1v) is 4.56. The highest BCUT2D eigenvalue weighted by atomic mass is 19.1. The lowest BCUT2D eigenvalue weighted by atomic mass is 10.2. The molecule has 2 rings (SSSR count). The van der Waals surface area contributed by atoms with Gasteiger partial charge in [-0.2, -0.15) is 0 Å². The lowest BCUT2D eigenvalue weighted by molar-refractivity contribution is 0.629.